The fourth-order valence-electron chi connectivity index (χ4n) is 1.57. The maximum atomic E-state index is 12.9. The number of nitrogens with one attached hydrogen (secondary N) is 2. The molecule has 0 unspecified atom stereocenters. The number of rotatable bonds is 8. The Morgan fingerprint density at radius 1 is 1.32 bits per heavy atom. The zero-order valence-corrected chi connectivity index (χ0v) is 12.1. The van der Waals surface area contributed by atoms with Gasteiger partial charge in [0, 0.05) is 12.6 Å². The minimum absolute atomic E-state index is 0.0715. The summed E-state index contributed by atoms with van der Waals surface area (Å²) in [7, 11) is -3.30. The van der Waals surface area contributed by atoms with Crippen LogP contribution in [0, 0.1) is 5.82 Å². The molecule has 0 radical (unpaired) electrons. The second-order valence-electron chi connectivity index (χ2n) is 4.73. The van der Waals surface area contributed by atoms with Gasteiger partial charge in [-0.25, -0.2) is 17.5 Å². The second kappa shape index (κ2) is 7.57. The van der Waals surface area contributed by atoms with E-state index in [1.165, 1.54) is 12.1 Å². The molecule has 4 nitrogen and oxygen atoms in total. The Kier molecular flexibility index (Phi) is 6.41. The average Bonchev–Trinajstić information content (AvgIpc) is 2.32. The number of sulfonamides is 1. The van der Waals surface area contributed by atoms with Gasteiger partial charge in [-0.15, -0.1) is 0 Å². The molecule has 0 heterocycles. The third-order valence-electron chi connectivity index (χ3n) is 2.53. The standard InChI is InChI=1S/C13H21FN2O2S/c1-11(2)15-7-4-8-19(17,18)16-10-12-5-3-6-13(14)9-12/h3,5-6,9,11,15-16H,4,7-8,10H2,1-2H3. The first-order valence-corrected chi connectivity index (χ1v) is 7.99. The highest BCUT2D eigenvalue weighted by atomic mass is 32.2. The third kappa shape index (κ3) is 7.25. The Morgan fingerprint density at radius 3 is 2.68 bits per heavy atom. The minimum atomic E-state index is -3.30. The lowest BCUT2D eigenvalue weighted by molar-refractivity contribution is 0.560. The van der Waals surface area contributed by atoms with Crippen molar-refractivity contribution in [1.29, 1.82) is 0 Å². The Balaban J connectivity index is 2.34. The summed E-state index contributed by atoms with van der Waals surface area (Å²) in [5.41, 5.74) is 0.615. The van der Waals surface area contributed by atoms with Crippen LogP contribution in [-0.2, 0) is 16.6 Å². The molecule has 0 aromatic heterocycles. The maximum absolute atomic E-state index is 12.9. The van der Waals surface area contributed by atoms with E-state index in [1.54, 1.807) is 12.1 Å². The molecule has 0 atom stereocenters. The monoisotopic (exact) mass is 288 g/mol. The molecular formula is C13H21FN2O2S. The molecule has 19 heavy (non-hydrogen) atoms. The van der Waals surface area contributed by atoms with Crippen molar-refractivity contribution < 1.29 is 12.8 Å². The van der Waals surface area contributed by atoms with Crippen molar-refractivity contribution in [3.8, 4) is 0 Å². The number of hydrogen-bond acceptors (Lipinski definition) is 3. The van der Waals surface area contributed by atoms with Gasteiger partial charge in [-0.2, -0.15) is 0 Å². The summed E-state index contributed by atoms with van der Waals surface area (Å²) in [5.74, 6) is -0.292. The zero-order valence-electron chi connectivity index (χ0n) is 11.3. The van der Waals surface area contributed by atoms with Crippen LogP contribution in [0.2, 0.25) is 0 Å². The van der Waals surface area contributed by atoms with Gasteiger partial charge in [0.15, 0.2) is 0 Å². The van der Waals surface area contributed by atoms with E-state index in [9.17, 15) is 12.8 Å². The van der Waals surface area contributed by atoms with Crippen molar-refractivity contribution in [3.63, 3.8) is 0 Å². The molecule has 2 N–H and O–H groups in total. The van der Waals surface area contributed by atoms with Crippen LogP contribution in [0.25, 0.3) is 0 Å². The summed E-state index contributed by atoms with van der Waals surface area (Å²) in [6.07, 6.45) is 0.552. The van der Waals surface area contributed by atoms with Crippen LogP contribution in [0.5, 0.6) is 0 Å². The van der Waals surface area contributed by atoms with Crippen molar-refractivity contribution in [2.24, 2.45) is 0 Å². The van der Waals surface area contributed by atoms with Crippen LogP contribution in [0.4, 0.5) is 4.39 Å². The van der Waals surface area contributed by atoms with Gasteiger partial charge in [-0.05, 0) is 30.7 Å². The summed E-state index contributed by atoms with van der Waals surface area (Å²) in [4.78, 5) is 0. The van der Waals surface area contributed by atoms with Crippen LogP contribution in [-0.4, -0.2) is 26.8 Å². The van der Waals surface area contributed by atoms with Crippen LogP contribution >= 0.6 is 0 Å². The van der Waals surface area contributed by atoms with Crippen LogP contribution < -0.4 is 10.0 Å². The highest BCUT2D eigenvalue weighted by Gasteiger charge is 2.09. The van der Waals surface area contributed by atoms with E-state index in [2.05, 4.69) is 10.0 Å². The Bertz CT molecular complexity index is 489. The highest BCUT2D eigenvalue weighted by molar-refractivity contribution is 7.89. The van der Waals surface area contributed by atoms with Gasteiger partial charge in [0.05, 0.1) is 5.75 Å². The van der Waals surface area contributed by atoms with Gasteiger partial charge in [0.1, 0.15) is 5.82 Å². The van der Waals surface area contributed by atoms with Crippen LogP contribution in [0.3, 0.4) is 0 Å². The SMILES string of the molecule is CC(C)NCCCS(=O)(=O)NCc1cccc(F)c1. The van der Waals surface area contributed by atoms with Gasteiger partial charge in [-0.1, -0.05) is 26.0 Å². The summed E-state index contributed by atoms with van der Waals surface area (Å²) in [5, 5.41) is 3.16. The molecule has 1 rings (SSSR count). The summed E-state index contributed by atoms with van der Waals surface area (Å²) < 4.78 is 38.8. The second-order valence-corrected chi connectivity index (χ2v) is 6.66. The Labute approximate surface area is 114 Å². The maximum Gasteiger partial charge on any atom is 0.211 e. The zero-order chi connectivity index (χ0) is 14.3. The molecule has 0 fully saturated rings. The first-order valence-electron chi connectivity index (χ1n) is 6.34. The van der Waals surface area contributed by atoms with Crippen LogP contribution in [0.15, 0.2) is 24.3 Å². The van der Waals surface area contributed by atoms with Gasteiger partial charge in [0.2, 0.25) is 10.0 Å². The molecule has 0 aliphatic rings. The predicted molar refractivity (Wildman–Crippen MR) is 74.8 cm³/mol. The molecule has 1 aromatic carbocycles. The first kappa shape index (κ1) is 16.1. The molecule has 0 bridgehead atoms. The molecule has 6 heteroatoms. The van der Waals surface area contributed by atoms with Crippen molar-refractivity contribution in [1.82, 2.24) is 10.0 Å². The van der Waals surface area contributed by atoms with E-state index in [-0.39, 0.29) is 18.1 Å². The molecule has 0 aliphatic carbocycles. The van der Waals surface area contributed by atoms with E-state index >= 15 is 0 Å². The molecule has 1 aromatic rings. The lowest BCUT2D eigenvalue weighted by atomic mass is 10.2. The van der Waals surface area contributed by atoms with Gasteiger partial charge < -0.3 is 5.32 Å². The van der Waals surface area contributed by atoms with Crippen molar-refractivity contribution in [2.75, 3.05) is 12.3 Å². The number of hydrogen-bond donors (Lipinski definition) is 2. The normalized spacial score (nSPS) is 12.0. The van der Waals surface area contributed by atoms with Gasteiger partial charge >= 0.3 is 0 Å². The number of benzene rings is 1. The fourth-order valence-corrected chi connectivity index (χ4v) is 2.62. The molecule has 0 aliphatic heterocycles. The Morgan fingerprint density at radius 2 is 2.05 bits per heavy atom. The molecular weight excluding hydrogens is 267 g/mol. The topological polar surface area (TPSA) is 58.2 Å². The predicted octanol–water partition coefficient (Wildman–Crippen LogP) is 1.63. The Hall–Kier alpha value is -0.980. The van der Waals surface area contributed by atoms with Crippen molar-refractivity contribution in [3.05, 3.63) is 35.6 Å². The quantitative estimate of drug-likeness (QED) is 0.715. The highest BCUT2D eigenvalue weighted by Crippen LogP contribution is 2.03. The van der Waals surface area contributed by atoms with E-state index in [0.29, 0.717) is 24.6 Å². The van der Waals surface area contributed by atoms with E-state index in [0.717, 1.165) is 0 Å². The minimum Gasteiger partial charge on any atom is -0.314 e. The van der Waals surface area contributed by atoms with Crippen molar-refractivity contribution >= 4 is 10.0 Å². The van der Waals surface area contributed by atoms with Crippen molar-refractivity contribution in [2.45, 2.75) is 32.9 Å². The molecule has 0 amide bonds. The molecule has 0 saturated heterocycles. The summed E-state index contributed by atoms with van der Waals surface area (Å²) in [6.45, 7) is 4.81. The molecule has 0 spiro atoms. The first-order chi connectivity index (χ1) is 8.89. The summed E-state index contributed by atoms with van der Waals surface area (Å²) in [6, 6.07) is 6.25. The molecule has 108 valence electrons. The van der Waals surface area contributed by atoms with Crippen LogP contribution in [0.1, 0.15) is 25.8 Å². The lowest BCUT2D eigenvalue weighted by Crippen LogP contribution is -2.29. The smallest absolute Gasteiger partial charge is 0.211 e. The number of halogens is 1. The van der Waals surface area contributed by atoms with E-state index in [4.69, 9.17) is 0 Å². The van der Waals surface area contributed by atoms with Gasteiger partial charge in [0.25, 0.3) is 0 Å². The van der Waals surface area contributed by atoms with E-state index in [1.807, 2.05) is 13.8 Å². The van der Waals surface area contributed by atoms with Gasteiger partial charge in [-0.3, -0.25) is 0 Å². The third-order valence-corrected chi connectivity index (χ3v) is 3.94. The fraction of sp³-hybridized carbons (Fsp3) is 0.538. The average molecular weight is 288 g/mol. The lowest BCUT2D eigenvalue weighted by Gasteiger charge is -2.09. The largest absolute Gasteiger partial charge is 0.314 e. The summed E-state index contributed by atoms with van der Waals surface area (Å²) >= 11 is 0. The van der Waals surface area contributed by atoms with E-state index < -0.39 is 10.0 Å². The molecule has 0 saturated carbocycles.